The third kappa shape index (κ3) is 6.97. The molecule has 129 valence electrons. The van der Waals surface area contributed by atoms with Crippen molar-refractivity contribution in [3.63, 3.8) is 0 Å². The Bertz CT molecular complexity index is 659. The first-order chi connectivity index (χ1) is 11.1. The van der Waals surface area contributed by atoms with E-state index in [1.807, 2.05) is 0 Å². The van der Waals surface area contributed by atoms with Gasteiger partial charge < -0.3 is 11.5 Å². The molecule has 0 unspecified atom stereocenters. The molecule has 0 heterocycles. The van der Waals surface area contributed by atoms with E-state index < -0.39 is 11.6 Å². The van der Waals surface area contributed by atoms with Crippen LogP contribution >= 0.6 is 51.9 Å². The maximum atomic E-state index is 12.8. The van der Waals surface area contributed by atoms with Gasteiger partial charge in [-0.25, -0.2) is 8.78 Å². The molecule has 0 bridgehead atoms. The number of benzene rings is 2. The molecule has 2 aromatic rings. The number of thiol groups is 1. The summed E-state index contributed by atoms with van der Waals surface area (Å²) in [6, 6.07) is 3.93. The molecule has 2 rings (SSSR count). The predicted molar refractivity (Wildman–Crippen MR) is 106 cm³/mol. The Morgan fingerprint density at radius 3 is 2.00 bits per heavy atom. The summed E-state index contributed by atoms with van der Waals surface area (Å²) >= 11 is 17.6. The van der Waals surface area contributed by atoms with Gasteiger partial charge in [0.05, 0.1) is 11.4 Å². The first-order valence-electron chi connectivity index (χ1n) is 6.21. The predicted octanol–water partition coefficient (Wildman–Crippen LogP) is 5.69. The van der Waals surface area contributed by atoms with Crippen LogP contribution in [0.3, 0.4) is 0 Å². The fourth-order valence-corrected chi connectivity index (χ4v) is 2.25. The molecular weight excluding hydrogens is 442 g/mol. The fourth-order valence-electron chi connectivity index (χ4n) is 1.39. The van der Waals surface area contributed by atoms with Crippen molar-refractivity contribution < 1.29 is 8.78 Å². The van der Waals surface area contributed by atoms with Gasteiger partial charge in [-0.05, 0) is 59.1 Å². The summed E-state index contributed by atoms with van der Waals surface area (Å²) in [7, 11) is 4.34. The zero-order valence-corrected chi connectivity index (χ0v) is 16.7. The summed E-state index contributed by atoms with van der Waals surface area (Å²) < 4.78 is 28.6. The van der Waals surface area contributed by atoms with E-state index in [9.17, 15) is 8.78 Å². The summed E-state index contributed by atoms with van der Waals surface area (Å²) in [6.07, 6.45) is 0. The number of hydrogen-bond acceptors (Lipinski definition) is 4. The third-order valence-corrected chi connectivity index (χ3v) is 4.53. The molecule has 10 heteroatoms. The van der Waals surface area contributed by atoms with E-state index in [4.69, 9.17) is 34.7 Å². The maximum absolute atomic E-state index is 12.8. The Labute approximate surface area is 164 Å². The van der Waals surface area contributed by atoms with E-state index in [1.54, 1.807) is 13.8 Å². The topological polar surface area (TPSA) is 64.4 Å². The van der Waals surface area contributed by atoms with E-state index in [0.717, 1.165) is 11.1 Å². The van der Waals surface area contributed by atoms with Crippen molar-refractivity contribution in [2.75, 3.05) is 11.5 Å². The average molecular weight is 456 g/mol. The quantitative estimate of drug-likeness (QED) is 0.271. The number of nitrogens with zero attached hydrogens (tertiary/aromatic N) is 1. The minimum atomic E-state index is -0.493. The van der Waals surface area contributed by atoms with Crippen LogP contribution in [0.15, 0.2) is 27.0 Å². The van der Waals surface area contributed by atoms with Gasteiger partial charge in [0, 0.05) is 14.5 Å². The molecule has 0 saturated heterocycles. The fraction of sp³-hybridized carbons (Fsp3) is 0.143. The molecule has 0 saturated carbocycles. The second-order valence-corrected chi connectivity index (χ2v) is 6.27. The summed E-state index contributed by atoms with van der Waals surface area (Å²) in [6.45, 7) is 3.54. The van der Waals surface area contributed by atoms with Crippen LogP contribution in [0.2, 0.25) is 10.0 Å². The number of rotatable bonds is 0. The molecule has 0 amide bonds. The molecule has 1 radical (unpaired) electrons. The zero-order chi connectivity index (χ0) is 19.0. The van der Waals surface area contributed by atoms with Crippen molar-refractivity contribution in [2.45, 2.75) is 13.8 Å². The Morgan fingerprint density at radius 2 is 1.54 bits per heavy atom. The summed E-state index contributed by atoms with van der Waals surface area (Å²) in [5.74, 6) is -0.955. The molecule has 0 aliphatic carbocycles. The van der Waals surface area contributed by atoms with E-state index >= 15 is 0 Å². The van der Waals surface area contributed by atoms with Crippen molar-refractivity contribution in [3.05, 3.63) is 55.5 Å². The van der Waals surface area contributed by atoms with Crippen molar-refractivity contribution in [1.29, 1.82) is 0 Å². The Kier molecular flexibility index (Phi) is 10.5. The number of anilines is 2. The molecule has 2 aromatic carbocycles. The molecule has 0 aromatic heterocycles. The molecule has 0 spiro atoms. The van der Waals surface area contributed by atoms with Gasteiger partial charge >= 0.3 is 24.8 Å². The van der Waals surface area contributed by atoms with Gasteiger partial charge in [-0.3, -0.25) is 0 Å². The van der Waals surface area contributed by atoms with Crippen molar-refractivity contribution in [2.24, 2.45) is 4.30 Å². The molecule has 24 heavy (non-hydrogen) atoms. The van der Waals surface area contributed by atoms with Crippen LogP contribution in [-0.2, 0) is 0 Å². The third-order valence-electron chi connectivity index (χ3n) is 2.71. The van der Waals surface area contributed by atoms with Crippen LogP contribution in [-0.4, -0.2) is 7.64 Å². The monoisotopic (exact) mass is 454 g/mol. The SMILES string of the molecule is Cc1c(Cl)cc(F)c(N)c1Br.Cc1cc(N)c(F)cc1Cl.[B]=NS. The zero-order valence-electron chi connectivity index (χ0n) is 12.7. The standard InChI is InChI=1S/C7H6BrClFN.C7H7ClFN.BHNS/c1-3-4(9)2-5(10)7(11)6(3)8;1-4-2-7(10)6(9)3-5(4)8;1-2-3/h2H,11H2,1H3;2-3H,10H2,1H3;3H. The summed E-state index contributed by atoms with van der Waals surface area (Å²) in [5.41, 5.74) is 12.4. The summed E-state index contributed by atoms with van der Waals surface area (Å²) in [4.78, 5) is 0. The van der Waals surface area contributed by atoms with Crippen LogP contribution in [0.5, 0.6) is 0 Å². The average Bonchev–Trinajstić information content (AvgIpc) is 2.51. The first kappa shape index (κ1) is 23.2. The van der Waals surface area contributed by atoms with E-state index in [1.165, 1.54) is 18.2 Å². The van der Waals surface area contributed by atoms with E-state index in [2.05, 4.69) is 40.7 Å². The molecule has 0 atom stereocenters. The number of nitrogens with two attached hydrogens (primary N) is 2. The van der Waals surface area contributed by atoms with Crippen LogP contribution in [0.25, 0.3) is 0 Å². The van der Waals surface area contributed by atoms with Crippen molar-refractivity contribution in [1.82, 2.24) is 0 Å². The second-order valence-electron chi connectivity index (χ2n) is 4.43. The number of hydrogen-bond donors (Lipinski definition) is 3. The van der Waals surface area contributed by atoms with Crippen LogP contribution in [0, 0.1) is 25.5 Å². The van der Waals surface area contributed by atoms with E-state index in [0.29, 0.717) is 14.5 Å². The van der Waals surface area contributed by atoms with Gasteiger partial charge in [0.25, 0.3) is 0 Å². The van der Waals surface area contributed by atoms with Gasteiger partial charge in [0.15, 0.2) is 0 Å². The van der Waals surface area contributed by atoms with Crippen LogP contribution in [0.4, 0.5) is 20.2 Å². The Balaban J connectivity index is 0.000000381. The van der Waals surface area contributed by atoms with Crippen LogP contribution < -0.4 is 11.5 Å². The molecule has 0 aliphatic rings. The minimum absolute atomic E-state index is 0.104. The Hall–Kier alpha value is -0.825. The molecular formula is C14H14BBrCl2F2N3S. The van der Waals surface area contributed by atoms with Crippen LogP contribution in [0.1, 0.15) is 11.1 Å². The number of nitrogen functional groups attached to an aromatic ring is 2. The molecule has 0 fully saturated rings. The molecule has 3 nitrogen and oxygen atoms in total. The molecule has 4 N–H and O–H groups in total. The van der Waals surface area contributed by atoms with Gasteiger partial charge in [0.1, 0.15) is 11.6 Å². The van der Waals surface area contributed by atoms with Crippen molar-refractivity contribution in [3.8, 4) is 0 Å². The van der Waals surface area contributed by atoms with Gasteiger partial charge in [-0.15, -0.1) is 0 Å². The first-order valence-corrected chi connectivity index (χ1v) is 8.16. The second kappa shape index (κ2) is 10.9. The van der Waals surface area contributed by atoms with Gasteiger partial charge in [-0.1, -0.05) is 23.2 Å². The van der Waals surface area contributed by atoms with Gasteiger partial charge in [0.2, 0.25) is 0 Å². The van der Waals surface area contributed by atoms with E-state index in [-0.39, 0.29) is 11.4 Å². The Morgan fingerprint density at radius 1 is 1.08 bits per heavy atom. The number of aryl methyl sites for hydroxylation is 1. The molecule has 0 aliphatic heterocycles. The van der Waals surface area contributed by atoms with Gasteiger partial charge in [-0.2, -0.15) is 0 Å². The summed E-state index contributed by atoms with van der Waals surface area (Å²) in [5, 5.41) is 0.787. The van der Waals surface area contributed by atoms with Crippen molar-refractivity contribution >= 4 is 71.0 Å². The number of halogens is 5. The normalized spacial score (nSPS) is 9.29.